The maximum atomic E-state index is 9.51. The molecule has 0 fully saturated rings. The Morgan fingerprint density at radius 3 is 1.84 bits per heavy atom. The summed E-state index contributed by atoms with van der Waals surface area (Å²) in [6, 6.07) is 69.4. The van der Waals surface area contributed by atoms with Gasteiger partial charge in [-0.25, -0.2) is 4.98 Å². The zero-order valence-corrected chi connectivity index (χ0v) is 37.7. The molecule has 64 heavy (non-hydrogen) atoms. The van der Waals surface area contributed by atoms with Crippen LogP contribution in [0.1, 0.15) is 30.4 Å². The Labute approximate surface area is 393 Å². The van der Waals surface area contributed by atoms with Crippen molar-refractivity contribution in [3.63, 3.8) is 0 Å². The van der Waals surface area contributed by atoms with Crippen molar-refractivity contribution in [2.45, 2.75) is 26.2 Å². The minimum atomic E-state index is -0.575. The zero-order chi connectivity index (χ0) is 45.1. The van der Waals surface area contributed by atoms with Crippen molar-refractivity contribution < 1.29 is 29.9 Å². The van der Waals surface area contributed by atoms with Crippen LogP contribution in [0.5, 0.6) is 11.5 Å². The van der Waals surface area contributed by atoms with Crippen LogP contribution >= 0.6 is 0 Å². The van der Waals surface area contributed by atoms with Gasteiger partial charge in [-0.2, -0.15) is 12.1 Å². The van der Waals surface area contributed by atoms with Gasteiger partial charge in [0.05, 0.1) is 4.11 Å². The molecule has 8 aromatic carbocycles. The normalized spacial score (nSPS) is 13.0. The molecule has 3 heterocycles. The zero-order valence-electron chi connectivity index (χ0n) is 38.4. The summed E-state index contributed by atoms with van der Waals surface area (Å²) in [5.74, 6) is 1.22. The molecule has 0 N–H and O–H groups in total. The number of pyridine rings is 1. The number of fused-ring (bicyclic) bond motifs is 4. The number of aromatic nitrogens is 2. The van der Waals surface area contributed by atoms with E-state index in [0.29, 0.717) is 22.6 Å². The summed E-state index contributed by atoms with van der Waals surface area (Å²) in [7, 11) is 0. The number of benzene rings is 8. The van der Waals surface area contributed by atoms with Crippen molar-refractivity contribution in [2.24, 2.45) is 0 Å². The molecule has 1 aliphatic heterocycles. The van der Waals surface area contributed by atoms with Gasteiger partial charge in [-0.3, -0.25) is 0 Å². The number of anilines is 4. The van der Waals surface area contributed by atoms with Crippen molar-refractivity contribution in [1.29, 1.82) is 0 Å². The summed E-state index contributed by atoms with van der Waals surface area (Å²) in [6.45, 7) is 8.02. The molecule has 0 aliphatic carbocycles. The van der Waals surface area contributed by atoms with Crippen molar-refractivity contribution >= 4 is 44.6 Å². The third-order valence-corrected chi connectivity index (χ3v) is 11.6. The van der Waals surface area contributed by atoms with E-state index in [1.807, 2.05) is 86.0 Å². The smallest absolute Gasteiger partial charge is 0.135 e. The molecule has 0 bridgehead atoms. The Morgan fingerprint density at radius 1 is 0.578 bits per heavy atom. The van der Waals surface area contributed by atoms with E-state index < -0.39 is 5.41 Å². The van der Waals surface area contributed by atoms with E-state index in [4.69, 9.17) is 7.48 Å². The summed E-state index contributed by atoms with van der Waals surface area (Å²) >= 11 is 0. The van der Waals surface area contributed by atoms with Gasteiger partial charge in [0.1, 0.15) is 5.82 Å². The number of hydrogen-bond donors (Lipinski definition) is 0. The van der Waals surface area contributed by atoms with E-state index in [1.165, 1.54) is 0 Å². The molecule has 0 saturated carbocycles. The van der Waals surface area contributed by atoms with Gasteiger partial charge in [-0.05, 0) is 68.9 Å². The van der Waals surface area contributed by atoms with Crippen molar-refractivity contribution in [3.8, 4) is 50.7 Å². The van der Waals surface area contributed by atoms with Crippen LogP contribution in [0.2, 0.25) is 0 Å². The standard InChI is InChI=1S/C58H43N4O.Pt/c1-58(2,3)44-33-34-59-56(36-44)62-54-35-43(40-17-7-4-8-18-40)29-31-50(54)51-32-30-47(38-55(51)62)63-46-24-15-23-45(37-46)60-39-61(53-28-14-13-27-52(53)60)57-48(41-19-9-5-10-20-41)25-16-26-49(57)42-21-11-6-12-22-42;/h4-36,39H,1-3H3;/q-3;/i33D,34D,36D;. The minimum Gasteiger partial charge on any atom is -0.509 e. The predicted molar refractivity (Wildman–Crippen MR) is 259 cm³/mol. The Balaban J connectivity index is 0.00000525. The molecule has 6 heteroatoms. The molecule has 0 saturated heterocycles. The molecule has 314 valence electrons. The topological polar surface area (TPSA) is 33.5 Å². The van der Waals surface area contributed by atoms with Gasteiger partial charge >= 0.3 is 0 Å². The van der Waals surface area contributed by atoms with Crippen LogP contribution in [-0.2, 0) is 26.5 Å². The van der Waals surface area contributed by atoms with E-state index in [1.54, 1.807) is 0 Å². The van der Waals surface area contributed by atoms with Crippen LogP contribution in [0, 0.1) is 18.8 Å². The van der Waals surface area contributed by atoms with E-state index in [-0.39, 0.29) is 45.1 Å². The number of ether oxygens (including phenoxy) is 1. The fourth-order valence-corrected chi connectivity index (χ4v) is 8.54. The van der Waals surface area contributed by atoms with Crippen LogP contribution in [0.3, 0.4) is 0 Å². The minimum absolute atomic E-state index is 0. The van der Waals surface area contributed by atoms with Crippen LogP contribution in [-0.4, -0.2) is 9.55 Å². The maximum Gasteiger partial charge on any atom is 0.135 e. The Bertz CT molecular complexity index is 3410. The first-order valence-corrected chi connectivity index (χ1v) is 21.1. The monoisotopic (exact) mass is 1010 g/mol. The molecule has 0 unspecified atom stereocenters. The first-order valence-electron chi connectivity index (χ1n) is 22.6. The molecule has 11 rings (SSSR count). The molecule has 10 aromatic rings. The second kappa shape index (κ2) is 16.8. The van der Waals surface area contributed by atoms with Crippen LogP contribution in [0.15, 0.2) is 200 Å². The van der Waals surface area contributed by atoms with Crippen molar-refractivity contribution in [1.82, 2.24) is 9.55 Å². The number of para-hydroxylation sites is 3. The third-order valence-electron chi connectivity index (χ3n) is 11.6. The second-order valence-corrected chi connectivity index (χ2v) is 16.7. The molecule has 0 radical (unpaired) electrons. The fraction of sp³-hybridized carbons (Fsp3) is 0.0690. The van der Waals surface area contributed by atoms with Crippen molar-refractivity contribution in [3.05, 3.63) is 225 Å². The largest absolute Gasteiger partial charge is 0.509 e. The Morgan fingerprint density at radius 2 is 1.17 bits per heavy atom. The first-order chi connectivity index (χ1) is 32.1. The maximum absolute atomic E-state index is 9.51. The predicted octanol–water partition coefficient (Wildman–Crippen LogP) is 15.3. The second-order valence-electron chi connectivity index (χ2n) is 16.7. The molecule has 0 atom stereocenters. The number of nitrogens with zero attached hydrogens (tertiary/aromatic N) is 4. The quantitative estimate of drug-likeness (QED) is 0.142. The van der Waals surface area contributed by atoms with Gasteiger partial charge in [0, 0.05) is 72.4 Å². The average molecular weight is 1010 g/mol. The summed E-state index contributed by atoms with van der Waals surface area (Å²) in [5.41, 5.74) is 11.8. The fourth-order valence-electron chi connectivity index (χ4n) is 8.54. The summed E-state index contributed by atoms with van der Waals surface area (Å²) in [5, 5.41) is 1.83. The van der Waals surface area contributed by atoms with Gasteiger partial charge in [-0.1, -0.05) is 160 Å². The van der Waals surface area contributed by atoms with Gasteiger partial charge in [0.2, 0.25) is 0 Å². The van der Waals surface area contributed by atoms with Crippen molar-refractivity contribution in [2.75, 3.05) is 9.80 Å². The van der Waals surface area contributed by atoms with Gasteiger partial charge < -0.3 is 19.1 Å². The molecule has 0 amide bonds. The third kappa shape index (κ3) is 7.46. The molecule has 1 aliphatic rings. The van der Waals surface area contributed by atoms with E-state index in [2.05, 4.69) is 155 Å². The van der Waals surface area contributed by atoms with E-state index in [9.17, 15) is 1.37 Å². The number of hydrogen-bond acceptors (Lipinski definition) is 4. The number of rotatable bonds is 8. The van der Waals surface area contributed by atoms with Crippen LogP contribution in [0.4, 0.5) is 22.7 Å². The SMILES string of the molecule is [2H]c1nc(-n2c3[c-]c(Oc4[c-]c(N5[CH-]N(c6c(-c7ccccc7)cccc6-c6ccccc6)c6ccccc65)ccc4)ccc3c3ccc(-c4ccccc4)cc32)c([2H])c(C(C)(C)C)c1[2H].[Pt]. The van der Waals surface area contributed by atoms with Crippen LogP contribution in [0.25, 0.3) is 61.0 Å². The van der Waals surface area contributed by atoms with E-state index in [0.717, 1.165) is 72.4 Å². The Hall–Kier alpha value is -7.20. The first kappa shape index (κ1) is 37.4. The van der Waals surface area contributed by atoms with Crippen LogP contribution < -0.4 is 14.5 Å². The van der Waals surface area contributed by atoms with E-state index >= 15 is 0 Å². The Kier molecular flexibility index (Phi) is 9.82. The molecular weight excluding hydrogens is 964 g/mol. The molecular formula is C58H43N4OPt-3. The molecule has 2 aromatic heterocycles. The molecule has 0 spiro atoms. The summed E-state index contributed by atoms with van der Waals surface area (Å²) in [4.78, 5) is 9.05. The summed E-state index contributed by atoms with van der Waals surface area (Å²) < 4.78 is 35.7. The molecule has 5 nitrogen and oxygen atoms in total. The summed E-state index contributed by atoms with van der Waals surface area (Å²) in [6.07, 6.45) is -0.183. The average Bonchev–Trinajstić information content (AvgIpc) is 3.88. The van der Waals surface area contributed by atoms with Gasteiger partial charge in [0.25, 0.3) is 0 Å². The van der Waals surface area contributed by atoms with Gasteiger partial charge in [-0.15, -0.1) is 48.1 Å². The van der Waals surface area contributed by atoms with Gasteiger partial charge in [0.15, 0.2) is 0 Å².